The number of hydrogen-bond acceptors (Lipinski definition) is 5. The van der Waals surface area contributed by atoms with Gasteiger partial charge in [0.25, 0.3) is 0 Å². The van der Waals surface area contributed by atoms with Crippen molar-refractivity contribution >= 4 is 28.6 Å². The second-order valence-electron chi connectivity index (χ2n) is 5.69. The number of imidazole rings is 1. The van der Waals surface area contributed by atoms with Crippen LogP contribution in [0.15, 0.2) is 36.9 Å². The lowest BCUT2D eigenvalue weighted by atomic mass is 10.2. The summed E-state index contributed by atoms with van der Waals surface area (Å²) in [4.78, 5) is 20.7. The highest BCUT2D eigenvalue weighted by Gasteiger charge is 2.20. The summed E-state index contributed by atoms with van der Waals surface area (Å²) in [6.07, 6.45) is 3.25. The Bertz CT molecular complexity index is 809. The number of rotatable bonds is 3. The van der Waals surface area contributed by atoms with Crippen LogP contribution in [0.4, 0.5) is 5.82 Å². The van der Waals surface area contributed by atoms with E-state index in [1.54, 1.807) is 12.7 Å². The summed E-state index contributed by atoms with van der Waals surface area (Å²) >= 11 is 6.06. The van der Waals surface area contributed by atoms with Crippen molar-refractivity contribution in [1.29, 1.82) is 0 Å². The van der Waals surface area contributed by atoms with Gasteiger partial charge in [-0.25, -0.2) is 15.0 Å². The number of aromatic amines is 1. The van der Waals surface area contributed by atoms with Crippen molar-refractivity contribution < 1.29 is 0 Å². The van der Waals surface area contributed by atoms with Gasteiger partial charge in [0.2, 0.25) is 0 Å². The van der Waals surface area contributed by atoms with E-state index in [1.807, 2.05) is 18.2 Å². The lowest BCUT2D eigenvalue weighted by molar-refractivity contribution is 0.249. The molecule has 0 unspecified atom stereocenters. The fourth-order valence-corrected chi connectivity index (χ4v) is 3.22. The van der Waals surface area contributed by atoms with Crippen LogP contribution >= 0.6 is 11.6 Å². The van der Waals surface area contributed by atoms with Crippen LogP contribution in [0.5, 0.6) is 0 Å². The zero-order chi connectivity index (χ0) is 15.6. The van der Waals surface area contributed by atoms with Gasteiger partial charge in [0.1, 0.15) is 11.8 Å². The van der Waals surface area contributed by atoms with Gasteiger partial charge in [0.05, 0.1) is 6.33 Å². The molecule has 7 heteroatoms. The molecule has 0 spiro atoms. The molecule has 1 N–H and O–H groups in total. The lowest BCUT2D eigenvalue weighted by Crippen LogP contribution is -2.46. The minimum Gasteiger partial charge on any atom is -0.352 e. The Balaban J connectivity index is 1.44. The Morgan fingerprint density at radius 3 is 2.78 bits per heavy atom. The van der Waals surface area contributed by atoms with Crippen LogP contribution in [0.2, 0.25) is 5.02 Å². The molecule has 1 aliphatic heterocycles. The molecule has 0 amide bonds. The van der Waals surface area contributed by atoms with Crippen LogP contribution in [0, 0.1) is 0 Å². The molecular formula is C16H17ClN6. The molecule has 2 aromatic heterocycles. The molecule has 4 rings (SSSR count). The van der Waals surface area contributed by atoms with Gasteiger partial charge in [-0.1, -0.05) is 23.7 Å². The van der Waals surface area contributed by atoms with Crippen molar-refractivity contribution in [2.24, 2.45) is 0 Å². The van der Waals surface area contributed by atoms with E-state index >= 15 is 0 Å². The van der Waals surface area contributed by atoms with Crippen molar-refractivity contribution in [2.45, 2.75) is 6.54 Å². The maximum absolute atomic E-state index is 6.06. The maximum atomic E-state index is 6.06. The second-order valence-corrected chi connectivity index (χ2v) is 6.13. The molecule has 0 radical (unpaired) electrons. The predicted octanol–water partition coefficient (Wildman–Crippen LogP) is 2.33. The fraction of sp³-hybridized carbons (Fsp3) is 0.312. The summed E-state index contributed by atoms with van der Waals surface area (Å²) in [5.74, 6) is 0.940. The first-order chi connectivity index (χ1) is 11.3. The number of H-pyrrole nitrogens is 1. The first-order valence-electron chi connectivity index (χ1n) is 7.65. The quantitative estimate of drug-likeness (QED) is 0.799. The smallest absolute Gasteiger partial charge is 0.182 e. The fourth-order valence-electron chi connectivity index (χ4n) is 3.00. The van der Waals surface area contributed by atoms with Crippen LogP contribution in [-0.4, -0.2) is 51.0 Å². The number of anilines is 1. The molecule has 23 heavy (non-hydrogen) atoms. The molecule has 0 aliphatic carbocycles. The first-order valence-corrected chi connectivity index (χ1v) is 8.03. The normalized spacial score (nSPS) is 16.1. The summed E-state index contributed by atoms with van der Waals surface area (Å²) in [5.41, 5.74) is 2.89. The Kier molecular flexibility index (Phi) is 3.85. The number of piperazine rings is 1. The van der Waals surface area contributed by atoms with E-state index in [1.165, 1.54) is 5.56 Å². The van der Waals surface area contributed by atoms with Gasteiger partial charge in [-0.3, -0.25) is 4.90 Å². The molecule has 118 valence electrons. The van der Waals surface area contributed by atoms with Crippen LogP contribution in [0.3, 0.4) is 0 Å². The van der Waals surface area contributed by atoms with Crippen LogP contribution in [0.25, 0.3) is 11.2 Å². The second kappa shape index (κ2) is 6.14. The molecule has 0 atom stereocenters. The van der Waals surface area contributed by atoms with Gasteiger partial charge in [0.15, 0.2) is 11.5 Å². The molecule has 1 aromatic carbocycles. The third-order valence-electron chi connectivity index (χ3n) is 4.17. The molecule has 1 saturated heterocycles. The molecule has 1 aliphatic rings. The summed E-state index contributed by atoms with van der Waals surface area (Å²) in [6.45, 7) is 4.79. The van der Waals surface area contributed by atoms with E-state index in [2.05, 4.69) is 35.8 Å². The van der Waals surface area contributed by atoms with E-state index in [9.17, 15) is 0 Å². The number of aromatic nitrogens is 4. The summed E-state index contributed by atoms with van der Waals surface area (Å²) < 4.78 is 0. The number of halogens is 1. The van der Waals surface area contributed by atoms with E-state index in [4.69, 9.17) is 11.6 Å². The molecular weight excluding hydrogens is 312 g/mol. The lowest BCUT2D eigenvalue weighted by Gasteiger charge is -2.35. The van der Waals surface area contributed by atoms with Crippen LogP contribution in [0.1, 0.15) is 5.56 Å². The molecule has 0 saturated carbocycles. The summed E-state index contributed by atoms with van der Waals surface area (Å²) in [5, 5.41) is 0.795. The van der Waals surface area contributed by atoms with Crippen molar-refractivity contribution in [3.05, 3.63) is 47.5 Å². The molecule has 3 heterocycles. The topological polar surface area (TPSA) is 60.9 Å². The number of hydrogen-bond donors (Lipinski definition) is 1. The van der Waals surface area contributed by atoms with E-state index < -0.39 is 0 Å². The van der Waals surface area contributed by atoms with Gasteiger partial charge < -0.3 is 9.88 Å². The molecule has 3 aromatic rings. The van der Waals surface area contributed by atoms with Crippen LogP contribution in [-0.2, 0) is 6.54 Å². The Morgan fingerprint density at radius 2 is 1.96 bits per heavy atom. The average Bonchev–Trinajstić information content (AvgIpc) is 3.04. The SMILES string of the molecule is Clc1cccc(CN2CCN(c3ncnc4nc[nH]c34)CC2)c1. The predicted molar refractivity (Wildman–Crippen MR) is 90.6 cm³/mol. The van der Waals surface area contributed by atoms with Gasteiger partial charge in [-0.15, -0.1) is 0 Å². The van der Waals surface area contributed by atoms with Crippen molar-refractivity contribution in [2.75, 3.05) is 31.1 Å². The van der Waals surface area contributed by atoms with Crippen LogP contribution < -0.4 is 4.90 Å². The molecule has 6 nitrogen and oxygen atoms in total. The van der Waals surface area contributed by atoms with E-state index in [-0.39, 0.29) is 0 Å². The van der Waals surface area contributed by atoms with Crippen molar-refractivity contribution in [3.63, 3.8) is 0 Å². The number of benzene rings is 1. The Morgan fingerprint density at radius 1 is 1.09 bits per heavy atom. The van der Waals surface area contributed by atoms with Gasteiger partial charge in [0, 0.05) is 37.7 Å². The van der Waals surface area contributed by atoms with Gasteiger partial charge in [-0.05, 0) is 17.7 Å². The van der Waals surface area contributed by atoms with Crippen molar-refractivity contribution in [1.82, 2.24) is 24.8 Å². The minimum absolute atomic E-state index is 0.719. The zero-order valence-electron chi connectivity index (χ0n) is 12.6. The maximum Gasteiger partial charge on any atom is 0.182 e. The highest BCUT2D eigenvalue weighted by molar-refractivity contribution is 6.30. The zero-order valence-corrected chi connectivity index (χ0v) is 13.4. The van der Waals surface area contributed by atoms with E-state index in [0.717, 1.165) is 54.7 Å². The number of nitrogens with one attached hydrogen (secondary N) is 1. The largest absolute Gasteiger partial charge is 0.352 e. The Hall–Kier alpha value is -2.18. The highest BCUT2D eigenvalue weighted by atomic mass is 35.5. The Labute approximate surface area is 139 Å². The third-order valence-corrected chi connectivity index (χ3v) is 4.41. The number of fused-ring (bicyclic) bond motifs is 1. The standard InChI is InChI=1S/C16H17ClN6/c17-13-3-1-2-12(8-13)9-22-4-6-23(7-5-22)16-14-15(19-10-18-14)20-11-21-16/h1-3,8,10-11H,4-7,9H2,(H,18,19,20,21). The number of nitrogens with zero attached hydrogens (tertiary/aromatic N) is 5. The summed E-state index contributed by atoms with van der Waals surface area (Å²) in [6, 6.07) is 8.07. The highest BCUT2D eigenvalue weighted by Crippen LogP contribution is 2.21. The summed E-state index contributed by atoms with van der Waals surface area (Å²) in [7, 11) is 0. The van der Waals surface area contributed by atoms with E-state index in [0.29, 0.717) is 0 Å². The van der Waals surface area contributed by atoms with Crippen molar-refractivity contribution in [3.8, 4) is 0 Å². The monoisotopic (exact) mass is 328 g/mol. The minimum atomic E-state index is 0.719. The first kappa shape index (κ1) is 14.4. The molecule has 0 bridgehead atoms. The van der Waals surface area contributed by atoms with Gasteiger partial charge in [-0.2, -0.15) is 0 Å². The third kappa shape index (κ3) is 3.00. The molecule has 1 fully saturated rings. The average molecular weight is 329 g/mol. The van der Waals surface area contributed by atoms with Gasteiger partial charge >= 0.3 is 0 Å².